The molecule has 1 aliphatic rings. The van der Waals surface area contributed by atoms with Crippen molar-refractivity contribution >= 4 is 34.1 Å². The molecule has 0 saturated carbocycles. The summed E-state index contributed by atoms with van der Waals surface area (Å²) in [6, 6.07) is 15.1. The Hall–Kier alpha value is -2.64. The van der Waals surface area contributed by atoms with Crippen LogP contribution >= 0.6 is 11.8 Å². The standard InChI is InChI=1S/C24H27N3O3S/c1-2-3-11-27-23(29)20-16-19(26-12-14-30-15-13-26)9-10-21(20)25-24(27)31-17-22(28)18-7-5-4-6-8-18/h4-10,16H,2-3,11-15,17H2,1H3. The number of nitrogens with zero attached hydrogens (tertiary/aromatic N) is 3. The number of carbonyl (C=O) groups excluding carboxylic acids is 1. The molecule has 7 heteroatoms. The molecule has 1 aliphatic heterocycles. The van der Waals surface area contributed by atoms with E-state index in [1.54, 1.807) is 4.57 Å². The molecule has 4 rings (SSSR count). The summed E-state index contributed by atoms with van der Waals surface area (Å²) in [5.74, 6) is 0.282. The molecule has 0 atom stereocenters. The number of morpholine rings is 1. The quantitative estimate of drug-likeness (QED) is 0.301. The average Bonchev–Trinajstić information content (AvgIpc) is 2.83. The number of fused-ring (bicyclic) bond motifs is 1. The van der Waals surface area contributed by atoms with E-state index in [1.807, 2.05) is 48.5 Å². The minimum Gasteiger partial charge on any atom is -0.378 e. The van der Waals surface area contributed by atoms with E-state index >= 15 is 0 Å². The first-order chi connectivity index (χ1) is 15.2. The molecular formula is C24H27N3O3S. The molecular weight excluding hydrogens is 410 g/mol. The third-order valence-corrected chi connectivity index (χ3v) is 6.42. The van der Waals surface area contributed by atoms with E-state index in [-0.39, 0.29) is 17.1 Å². The van der Waals surface area contributed by atoms with Gasteiger partial charge in [0.2, 0.25) is 0 Å². The SMILES string of the molecule is CCCCn1c(SCC(=O)c2ccccc2)nc2ccc(N3CCOCC3)cc2c1=O. The zero-order valence-electron chi connectivity index (χ0n) is 17.8. The van der Waals surface area contributed by atoms with E-state index in [1.165, 1.54) is 11.8 Å². The Morgan fingerprint density at radius 2 is 1.90 bits per heavy atom. The Balaban J connectivity index is 1.65. The number of hydrogen-bond acceptors (Lipinski definition) is 6. The number of ether oxygens (including phenoxy) is 1. The number of benzene rings is 2. The van der Waals surface area contributed by atoms with Crippen LogP contribution in [0.4, 0.5) is 5.69 Å². The molecule has 0 spiro atoms. The number of unbranched alkanes of at least 4 members (excludes halogenated alkanes) is 1. The van der Waals surface area contributed by atoms with Crippen molar-refractivity contribution in [1.82, 2.24) is 9.55 Å². The van der Waals surface area contributed by atoms with Gasteiger partial charge in [-0.15, -0.1) is 0 Å². The molecule has 2 heterocycles. The Morgan fingerprint density at radius 3 is 2.65 bits per heavy atom. The summed E-state index contributed by atoms with van der Waals surface area (Å²) >= 11 is 1.34. The van der Waals surface area contributed by atoms with Crippen LogP contribution in [0.15, 0.2) is 58.5 Å². The van der Waals surface area contributed by atoms with Crippen molar-refractivity contribution in [3.63, 3.8) is 0 Å². The molecule has 31 heavy (non-hydrogen) atoms. The number of carbonyl (C=O) groups is 1. The van der Waals surface area contributed by atoms with Gasteiger partial charge in [0.15, 0.2) is 10.9 Å². The molecule has 0 aliphatic carbocycles. The summed E-state index contributed by atoms with van der Waals surface area (Å²) in [5, 5.41) is 1.23. The van der Waals surface area contributed by atoms with Crippen LogP contribution < -0.4 is 10.5 Å². The lowest BCUT2D eigenvalue weighted by Crippen LogP contribution is -2.36. The van der Waals surface area contributed by atoms with Gasteiger partial charge in [-0.3, -0.25) is 14.2 Å². The second kappa shape index (κ2) is 10.1. The van der Waals surface area contributed by atoms with Crippen molar-refractivity contribution in [3.05, 3.63) is 64.4 Å². The molecule has 1 saturated heterocycles. The fraction of sp³-hybridized carbons (Fsp3) is 0.375. The first-order valence-electron chi connectivity index (χ1n) is 10.8. The molecule has 6 nitrogen and oxygen atoms in total. The maximum Gasteiger partial charge on any atom is 0.262 e. The van der Waals surface area contributed by atoms with Crippen molar-refractivity contribution in [2.45, 2.75) is 31.5 Å². The van der Waals surface area contributed by atoms with Gasteiger partial charge in [-0.05, 0) is 24.6 Å². The topological polar surface area (TPSA) is 64.4 Å². The summed E-state index contributed by atoms with van der Waals surface area (Å²) in [7, 11) is 0. The number of thioether (sulfide) groups is 1. The highest BCUT2D eigenvalue weighted by Crippen LogP contribution is 2.24. The van der Waals surface area contributed by atoms with Gasteiger partial charge in [0.05, 0.1) is 29.9 Å². The molecule has 0 radical (unpaired) electrons. The highest BCUT2D eigenvalue weighted by Gasteiger charge is 2.17. The van der Waals surface area contributed by atoms with Gasteiger partial charge in [-0.25, -0.2) is 4.98 Å². The number of ketones is 1. The number of Topliss-reactive ketones (excluding diaryl/α,β-unsaturated/α-hetero) is 1. The number of aromatic nitrogens is 2. The zero-order valence-corrected chi connectivity index (χ0v) is 18.6. The molecule has 0 unspecified atom stereocenters. The highest BCUT2D eigenvalue weighted by molar-refractivity contribution is 7.99. The van der Waals surface area contributed by atoms with Crippen LogP contribution in [0.5, 0.6) is 0 Å². The monoisotopic (exact) mass is 437 g/mol. The number of rotatable bonds is 8. The van der Waals surface area contributed by atoms with Gasteiger partial charge in [0, 0.05) is 30.9 Å². The predicted molar refractivity (Wildman–Crippen MR) is 125 cm³/mol. The summed E-state index contributed by atoms with van der Waals surface area (Å²) < 4.78 is 7.17. The lowest BCUT2D eigenvalue weighted by molar-refractivity contribution is 0.102. The Kier molecular flexibility index (Phi) is 7.04. The Labute approximate surface area is 186 Å². The van der Waals surface area contributed by atoms with E-state index in [4.69, 9.17) is 9.72 Å². The van der Waals surface area contributed by atoms with Crippen LogP contribution in [0.3, 0.4) is 0 Å². The van der Waals surface area contributed by atoms with Crippen LogP contribution in [0.1, 0.15) is 30.1 Å². The largest absolute Gasteiger partial charge is 0.378 e. The molecule has 0 amide bonds. The Morgan fingerprint density at radius 1 is 1.13 bits per heavy atom. The van der Waals surface area contributed by atoms with E-state index in [0.717, 1.165) is 31.6 Å². The first kappa shape index (κ1) is 21.6. The van der Waals surface area contributed by atoms with Crippen molar-refractivity contribution in [2.24, 2.45) is 0 Å². The Bertz CT molecular complexity index is 1110. The van der Waals surface area contributed by atoms with Gasteiger partial charge in [0.1, 0.15) is 0 Å². The van der Waals surface area contributed by atoms with Gasteiger partial charge < -0.3 is 9.64 Å². The van der Waals surface area contributed by atoms with Gasteiger partial charge >= 0.3 is 0 Å². The summed E-state index contributed by atoms with van der Waals surface area (Å²) in [6.45, 7) is 5.73. The van der Waals surface area contributed by atoms with Crippen LogP contribution in [-0.4, -0.2) is 47.4 Å². The third kappa shape index (κ3) is 4.99. The predicted octanol–water partition coefficient (Wildman–Crippen LogP) is 4.01. The van der Waals surface area contributed by atoms with E-state index in [9.17, 15) is 9.59 Å². The highest BCUT2D eigenvalue weighted by atomic mass is 32.2. The van der Waals surface area contributed by atoms with E-state index < -0.39 is 0 Å². The molecule has 0 bridgehead atoms. The van der Waals surface area contributed by atoms with E-state index in [2.05, 4.69) is 11.8 Å². The van der Waals surface area contributed by atoms with E-state index in [0.29, 0.717) is 41.4 Å². The second-order valence-electron chi connectivity index (χ2n) is 7.58. The van der Waals surface area contributed by atoms with Crippen molar-refractivity contribution in [3.8, 4) is 0 Å². The van der Waals surface area contributed by atoms with Crippen LogP contribution in [-0.2, 0) is 11.3 Å². The maximum absolute atomic E-state index is 13.4. The maximum atomic E-state index is 13.4. The summed E-state index contributed by atoms with van der Waals surface area (Å²) in [4.78, 5) is 33.0. The van der Waals surface area contributed by atoms with Crippen molar-refractivity contribution in [2.75, 3.05) is 37.0 Å². The molecule has 1 fully saturated rings. The summed E-state index contributed by atoms with van der Waals surface area (Å²) in [5.41, 5.74) is 2.33. The smallest absolute Gasteiger partial charge is 0.262 e. The van der Waals surface area contributed by atoms with Crippen molar-refractivity contribution < 1.29 is 9.53 Å². The molecule has 0 N–H and O–H groups in total. The fourth-order valence-corrected chi connectivity index (χ4v) is 4.59. The fourth-order valence-electron chi connectivity index (χ4n) is 3.67. The molecule has 1 aromatic heterocycles. The lowest BCUT2D eigenvalue weighted by atomic mass is 10.2. The average molecular weight is 438 g/mol. The minimum atomic E-state index is -0.0387. The zero-order chi connectivity index (χ0) is 21.6. The second-order valence-corrected chi connectivity index (χ2v) is 8.53. The normalized spacial score (nSPS) is 14.2. The number of anilines is 1. The molecule has 2 aromatic carbocycles. The summed E-state index contributed by atoms with van der Waals surface area (Å²) in [6.07, 6.45) is 1.86. The van der Waals surface area contributed by atoms with Gasteiger partial charge in [0.25, 0.3) is 5.56 Å². The van der Waals surface area contributed by atoms with Gasteiger partial charge in [-0.1, -0.05) is 55.4 Å². The lowest BCUT2D eigenvalue weighted by Gasteiger charge is -2.29. The first-order valence-corrected chi connectivity index (χ1v) is 11.7. The van der Waals surface area contributed by atoms with Crippen molar-refractivity contribution in [1.29, 1.82) is 0 Å². The van der Waals surface area contributed by atoms with Crippen LogP contribution in [0.25, 0.3) is 10.9 Å². The third-order valence-electron chi connectivity index (χ3n) is 5.44. The van der Waals surface area contributed by atoms with Crippen LogP contribution in [0, 0.1) is 0 Å². The van der Waals surface area contributed by atoms with Crippen LogP contribution in [0.2, 0.25) is 0 Å². The number of hydrogen-bond donors (Lipinski definition) is 0. The molecule has 3 aromatic rings. The van der Waals surface area contributed by atoms with Gasteiger partial charge in [-0.2, -0.15) is 0 Å². The minimum absolute atomic E-state index is 0.0321. The molecule has 162 valence electrons.